The summed E-state index contributed by atoms with van der Waals surface area (Å²) in [4.78, 5) is 8.15. The smallest absolute Gasteiger partial charge is 0.215 e. The van der Waals surface area contributed by atoms with Crippen LogP contribution in [0.25, 0.3) is 11.4 Å². The van der Waals surface area contributed by atoms with E-state index in [1.54, 1.807) is 23.7 Å². The van der Waals surface area contributed by atoms with Crippen molar-refractivity contribution in [1.29, 1.82) is 0 Å². The third-order valence-electron chi connectivity index (χ3n) is 2.82. The average Bonchev–Trinajstić information content (AvgIpc) is 3.08. The van der Waals surface area contributed by atoms with Crippen LogP contribution in [0.15, 0.2) is 40.8 Å². The molecule has 3 aromatic rings. The van der Waals surface area contributed by atoms with E-state index in [2.05, 4.69) is 20.2 Å². The summed E-state index contributed by atoms with van der Waals surface area (Å²) in [5, 5.41) is 28.2. The number of aromatic nitrogens is 5. The number of imidazole rings is 1. The van der Waals surface area contributed by atoms with Gasteiger partial charge in [0.05, 0.1) is 6.33 Å². The van der Waals surface area contributed by atoms with Crippen molar-refractivity contribution in [1.82, 2.24) is 24.7 Å². The minimum Gasteiger partial charge on any atom is -0.732 e. The van der Waals surface area contributed by atoms with Crippen molar-refractivity contribution in [3.8, 4) is 11.4 Å². The van der Waals surface area contributed by atoms with Gasteiger partial charge in [-0.2, -0.15) is 0 Å². The highest BCUT2D eigenvalue weighted by atomic mass is 35.5. The van der Waals surface area contributed by atoms with E-state index in [1.165, 1.54) is 6.33 Å². The summed E-state index contributed by atoms with van der Waals surface area (Å²) in [5.41, 5.74) is 0.835. The molecule has 0 aliphatic rings. The summed E-state index contributed by atoms with van der Waals surface area (Å²) < 4.78 is 1.60. The van der Waals surface area contributed by atoms with Gasteiger partial charge in [-0.05, 0) is 36.0 Å². The molecule has 2 heterocycles. The third-order valence-corrected chi connectivity index (χ3v) is 4.10. The lowest BCUT2D eigenvalue weighted by Crippen LogP contribution is -2.09. The Kier molecular flexibility index (Phi) is 4.03. The van der Waals surface area contributed by atoms with Gasteiger partial charge in [-0.1, -0.05) is 11.6 Å². The highest BCUT2D eigenvalue weighted by Gasteiger charge is 2.15. The fourth-order valence-corrected chi connectivity index (χ4v) is 2.71. The van der Waals surface area contributed by atoms with Gasteiger partial charge in [0, 0.05) is 17.6 Å². The number of benzene rings is 1. The molecule has 0 unspecified atom stereocenters. The van der Waals surface area contributed by atoms with E-state index in [0.717, 1.165) is 17.3 Å². The highest BCUT2D eigenvalue weighted by molar-refractivity contribution is 7.99. The molecule has 2 aromatic heterocycles. The second kappa shape index (κ2) is 5.97. The Bertz CT molecular complexity index is 785. The molecule has 0 bridgehead atoms. The van der Waals surface area contributed by atoms with Crippen molar-refractivity contribution in [2.45, 2.75) is 10.2 Å². The highest BCUT2D eigenvalue weighted by Crippen LogP contribution is 2.32. The van der Waals surface area contributed by atoms with Crippen LogP contribution in [-0.4, -0.2) is 29.9 Å². The first kappa shape index (κ1) is 14.9. The van der Waals surface area contributed by atoms with Crippen molar-refractivity contribution in [2.75, 3.05) is 5.23 Å². The SMILES string of the molecule is Cn1cnc(N([O-])O)c1Sc1n[nH]c(-c2ccc(Cl)cc2)n1. The first-order valence-electron chi connectivity index (χ1n) is 6.08. The van der Waals surface area contributed by atoms with Gasteiger partial charge in [0.15, 0.2) is 11.6 Å². The Morgan fingerprint density at radius 1 is 1.36 bits per heavy atom. The zero-order valence-electron chi connectivity index (χ0n) is 11.3. The second-order valence-electron chi connectivity index (χ2n) is 4.33. The molecule has 0 spiro atoms. The molecular formula is C12H10ClN6O2S-. The molecule has 1 aromatic carbocycles. The molecule has 0 atom stereocenters. The number of anilines is 1. The molecule has 0 amide bonds. The van der Waals surface area contributed by atoms with Gasteiger partial charge in [0.1, 0.15) is 5.03 Å². The number of nitrogens with zero attached hydrogens (tertiary/aromatic N) is 5. The van der Waals surface area contributed by atoms with Gasteiger partial charge >= 0.3 is 0 Å². The van der Waals surface area contributed by atoms with Crippen molar-refractivity contribution < 1.29 is 5.21 Å². The molecule has 0 aliphatic carbocycles. The predicted octanol–water partition coefficient (Wildman–Crippen LogP) is 2.70. The van der Waals surface area contributed by atoms with Gasteiger partial charge in [0.2, 0.25) is 5.16 Å². The Morgan fingerprint density at radius 3 is 2.77 bits per heavy atom. The maximum atomic E-state index is 11.1. The van der Waals surface area contributed by atoms with E-state index < -0.39 is 0 Å². The standard InChI is InChI=1S/C12H10ClN6O2S/c1-18-6-14-10(19(20)21)11(18)22-12-15-9(16-17-12)7-2-4-8(13)5-3-7/h2-6,20H,1H3,(H,15,16,17)/q-1. The van der Waals surface area contributed by atoms with Crippen molar-refractivity contribution >= 4 is 29.2 Å². The van der Waals surface area contributed by atoms with Crippen LogP contribution in [0.4, 0.5) is 5.82 Å². The molecule has 0 radical (unpaired) electrons. The summed E-state index contributed by atoms with van der Waals surface area (Å²) in [7, 11) is 1.70. The average molecular weight is 338 g/mol. The largest absolute Gasteiger partial charge is 0.732 e. The topological polar surface area (TPSA) is 106 Å². The van der Waals surface area contributed by atoms with Crippen molar-refractivity contribution in [3.63, 3.8) is 0 Å². The van der Waals surface area contributed by atoms with Crippen LogP contribution in [0.5, 0.6) is 0 Å². The first-order chi connectivity index (χ1) is 10.5. The molecule has 3 rings (SSSR count). The van der Waals surface area contributed by atoms with Crippen molar-refractivity contribution in [2.24, 2.45) is 7.05 Å². The number of hydrogen-bond acceptors (Lipinski definition) is 7. The quantitative estimate of drug-likeness (QED) is 0.705. The van der Waals surface area contributed by atoms with Gasteiger partial charge in [-0.15, -0.1) is 5.10 Å². The van der Waals surface area contributed by atoms with Crippen LogP contribution in [-0.2, 0) is 7.05 Å². The van der Waals surface area contributed by atoms with E-state index in [9.17, 15) is 5.21 Å². The van der Waals surface area contributed by atoms with Crippen LogP contribution in [0.3, 0.4) is 0 Å². The molecule has 0 saturated heterocycles. The second-order valence-corrected chi connectivity index (χ2v) is 5.73. The monoisotopic (exact) mass is 337 g/mol. The van der Waals surface area contributed by atoms with Crippen LogP contribution >= 0.6 is 23.4 Å². The lowest BCUT2D eigenvalue weighted by molar-refractivity contribution is 0.291. The Hall–Kier alpha value is -2.07. The van der Waals surface area contributed by atoms with Gasteiger partial charge in [-0.3, -0.25) is 10.3 Å². The molecule has 0 fully saturated rings. The summed E-state index contributed by atoms with van der Waals surface area (Å²) in [6.07, 6.45) is 1.42. The zero-order chi connectivity index (χ0) is 15.7. The Labute approximate surface area is 134 Å². The molecule has 22 heavy (non-hydrogen) atoms. The molecular weight excluding hydrogens is 328 g/mol. The minimum absolute atomic E-state index is 0.106. The number of aryl methyl sites for hydroxylation is 1. The fourth-order valence-electron chi connectivity index (χ4n) is 1.77. The summed E-state index contributed by atoms with van der Waals surface area (Å²) in [6, 6.07) is 7.15. The lowest BCUT2D eigenvalue weighted by Gasteiger charge is -2.19. The van der Waals surface area contributed by atoms with Crippen LogP contribution in [0.1, 0.15) is 0 Å². The van der Waals surface area contributed by atoms with Gasteiger partial charge in [-0.25, -0.2) is 9.97 Å². The summed E-state index contributed by atoms with van der Waals surface area (Å²) in [6.45, 7) is 0. The number of rotatable bonds is 4. The summed E-state index contributed by atoms with van der Waals surface area (Å²) in [5.74, 6) is 0.469. The lowest BCUT2D eigenvalue weighted by atomic mass is 10.2. The Morgan fingerprint density at radius 2 is 2.09 bits per heavy atom. The molecule has 10 heteroatoms. The van der Waals surface area contributed by atoms with E-state index in [0.29, 0.717) is 21.0 Å². The van der Waals surface area contributed by atoms with E-state index in [1.807, 2.05) is 12.1 Å². The van der Waals surface area contributed by atoms with Gasteiger partial charge in [0.25, 0.3) is 0 Å². The van der Waals surface area contributed by atoms with E-state index >= 15 is 0 Å². The van der Waals surface area contributed by atoms with E-state index in [4.69, 9.17) is 16.8 Å². The number of H-pyrrole nitrogens is 1. The molecule has 0 aliphatic heterocycles. The normalized spacial score (nSPS) is 10.9. The molecule has 8 nitrogen and oxygen atoms in total. The third kappa shape index (κ3) is 2.92. The predicted molar refractivity (Wildman–Crippen MR) is 81.8 cm³/mol. The maximum Gasteiger partial charge on any atom is 0.215 e. The fraction of sp³-hybridized carbons (Fsp3) is 0.0833. The van der Waals surface area contributed by atoms with Crippen LogP contribution in [0.2, 0.25) is 5.02 Å². The number of halogens is 1. The summed E-state index contributed by atoms with van der Waals surface area (Å²) >= 11 is 6.96. The first-order valence-corrected chi connectivity index (χ1v) is 7.27. The molecule has 0 saturated carbocycles. The van der Waals surface area contributed by atoms with Crippen LogP contribution < -0.4 is 5.23 Å². The maximum absolute atomic E-state index is 11.1. The number of aromatic amines is 1. The van der Waals surface area contributed by atoms with Crippen LogP contribution in [0, 0.1) is 5.21 Å². The Balaban J connectivity index is 1.86. The minimum atomic E-state index is -0.283. The number of hydrogen-bond donors (Lipinski definition) is 2. The van der Waals surface area contributed by atoms with E-state index in [-0.39, 0.29) is 11.0 Å². The zero-order valence-corrected chi connectivity index (χ0v) is 12.8. The number of nitrogens with one attached hydrogen (secondary N) is 1. The molecule has 114 valence electrons. The molecule has 2 N–H and O–H groups in total. The van der Waals surface area contributed by atoms with Gasteiger partial charge < -0.3 is 15.0 Å². The van der Waals surface area contributed by atoms with Crippen molar-refractivity contribution in [3.05, 3.63) is 40.8 Å².